The molecule has 0 fully saturated rings. The molecule has 3 nitrogen and oxygen atoms in total. The standard InChI is InChI=1S/C22H16ClF2NO2/c23-14-7-8-15(19(25)10-14)17-12-28-22(16-5-1-2-6-18(16)24)20(17)21(27)13-4-3-9-26-11-13/h1-11,17,21,27H,12H2. The van der Waals surface area contributed by atoms with E-state index in [9.17, 15) is 13.9 Å². The van der Waals surface area contributed by atoms with E-state index >= 15 is 0 Å². The molecule has 142 valence electrons. The van der Waals surface area contributed by atoms with Crippen LogP contribution >= 0.6 is 11.6 Å². The van der Waals surface area contributed by atoms with Gasteiger partial charge in [-0.2, -0.15) is 0 Å². The lowest BCUT2D eigenvalue weighted by molar-refractivity contribution is 0.209. The minimum atomic E-state index is -1.13. The van der Waals surface area contributed by atoms with Crippen LogP contribution in [-0.4, -0.2) is 16.7 Å². The van der Waals surface area contributed by atoms with Crippen molar-refractivity contribution in [3.05, 3.63) is 106 Å². The molecule has 1 aromatic heterocycles. The summed E-state index contributed by atoms with van der Waals surface area (Å²) >= 11 is 5.87. The lowest BCUT2D eigenvalue weighted by atomic mass is 9.85. The number of nitrogens with zero attached hydrogens (tertiary/aromatic N) is 1. The summed E-state index contributed by atoms with van der Waals surface area (Å²) in [6.07, 6.45) is 1.97. The van der Waals surface area contributed by atoms with E-state index in [0.29, 0.717) is 16.7 Å². The molecule has 28 heavy (non-hydrogen) atoms. The second-order valence-electron chi connectivity index (χ2n) is 6.48. The molecule has 0 saturated carbocycles. The summed E-state index contributed by atoms with van der Waals surface area (Å²) in [6.45, 7) is 0.0782. The Morgan fingerprint density at radius 2 is 1.89 bits per heavy atom. The molecule has 1 N–H and O–H groups in total. The van der Waals surface area contributed by atoms with Crippen molar-refractivity contribution in [2.45, 2.75) is 12.0 Å². The molecule has 1 aliphatic heterocycles. The fraction of sp³-hybridized carbons (Fsp3) is 0.136. The zero-order chi connectivity index (χ0) is 19.7. The van der Waals surface area contributed by atoms with Crippen LogP contribution in [0.15, 0.2) is 72.6 Å². The number of aliphatic hydroxyl groups is 1. The van der Waals surface area contributed by atoms with Crippen LogP contribution in [0.5, 0.6) is 0 Å². The lowest BCUT2D eigenvalue weighted by Crippen LogP contribution is -2.12. The zero-order valence-electron chi connectivity index (χ0n) is 14.6. The molecular weight excluding hydrogens is 384 g/mol. The van der Waals surface area contributed by atoms with Gasteiger partial charge in [0.05, 0.1) is 12.2 Å². The van der Waals surface area contributed by atoms with E-state index < -0.39 is 23.7 Å². The Balaban J connectivity index is 1.89. The Labute approximate surface area is 165 Å². The van der Waals surface area contributed by atoms with Crippen LogP contribution in [0.4, 0.5) is 8.78 Å². The van der Waals surface area contributed by atoms with Crippen molar-refractivity contribution in [2.24, 2.45) is 0 Å². The Morgan fingerprint density at radius 3 is 2.61 bits per heavy atom. The highest BCUT2D eigenvalue weighted by Crippen LogP contribution is 2.46. The number of pyridine rings is 1. The summed E-state index contributed by atoms with van der Waals surface area (Å²) in [5.74, 6) is -1.37. The highest BCUT2D eigenvalue weighted by Gasteiger charge is 2.37. The Morgan fingerprint density at radius 1 is 1.07 bits per heavy atom. The van der Waals surface area contributed by atoms with Gasteiger partial charge in [0.25, 0.3) is 0 Å². The van der Waals surface area contributed by atoms with Crippen LogP contribution < -0.4 is 0 Å². The minimum absolute atomic E-state index is 0.0782. The average molecular weight is 400 g/mol. The van der Waals surface area contributed by atoms with Gasteiger partial charge in [0.1, 0.15) is 23.5 Å². The summed E-state index contributed by atoms with van der Waals surface area (Å²) in [5, 5.41) is 11.3. The molecule has 4 rings (SSSR count). The largest absolute Gasteiger partial charge is 0.492 e. The zero-order valence-corrected chi connectivity index (χ0v) is 15.4. The highest BCUT2D eigenvalue weighted by molar-refractivity contribution is 6.30. The molecule has 2 atom stereocenters. The van der Waals surface area contributed by atoms with Crippen LogP contribution in [-0.2, 0) is 4.74 Å². The third kappa shape index (κ3) is 3.39. The topological polar surface area (TPSA) is 42.4 Å². The number of ether oxygens (including phenoxy) is 1. The molecule has 0 aliphatic carbocycles. The fourth-order valence-electron chi connectivity index (χ4n) is 3.45. The van der Waals surface area contributed by atoms with Crippen molar-refractivity contribution in [1.29, 1.82) is 0 Å². The van der Waals surface area contributed by atoms with Crippen molar-refractivity contribution >= 4 is 17.4 Å². The van der Waals surface area contributed by atoms with Gasteiger partial charge in [-0.15, -0.1) is 0 Å². The first-order chi connectivity index (χ1) is 13.6. The number of hydrogen-bond acceptors (Lipinski definition) is 3. The maximum Gasteiger partial charge on any atom is 0.134 e. The quantitative estimate of drug-likeness (QED) is 0.649. The van der Waals surface area contributed by atoms with E-state index in [-0.39, 0.29) is 23.0 Å². The summed E-state index contributed by atoms with van der Waals surface area (Å²) in [7, 11) is 0. The van der Waals surface area contributed by atoms with Crippen LogP contribution in [0.2, 0.25) is 5.02 Å². The minimum Gasteiger partial charge on any atom is -0.492 e. The number of benzene rings is 2. The van der Waals surface area contributed by atoms with E-state index in [0.717, 1.165) is 0 Å². The van der Waals surface area contributed by atoms with Gasteiger partial charge in [-0.05, 0) is 35.9 Å². The number of aromatic nitrogens is 1. The van der Waals surface area contributed by atoms with Crippen molar-refractivity contribution in [3.63, 3.8) is 0 Å². The van der Waals surface area contributed by atoms with E-state index in [1.807, 2.05) is 0 Å². The third-order valence-corrected chi connectivity index (χ3v) is 5.02. The second-order valence-corrected chi connectivity index (χ2v) is 6.92. The molecule has 3 aromatic rings. The van der Waals surface area contributed by atoms with Crippen LogP contribution in [0, 0.1) is 11.6 Å². The second kappa shape index (κ2) is 7.70. The SMILES string of the molecule is OC(C1=C(c2ccccc2F)OCC1c1ccc(Cl)cc1F)c1cccnc1. The van der Waals surface area contributed by atoms with Crippen LogP contribution in [0.25, 0.3) is 5.76 Å². The monoisotopic (exact) mass is 399 g/mol. The van der Waals surface area contributed by atoms with Gasteiger partial charge in [0.15, 0.2) is 0 Å². The van der Waals surface area contributed by atoms with Gasteiger partial charge in [0, 0.05) is 34.5 Å². The first kappa shape index (κ1) is 18.6. The van der Waals surface area contributed by atoms with Gasteiger partial charge in [-0.1, -0.05) is 35.9 Å². The number of rotatable bonds is 4. The fourth-order valence-corrected chi connectivity index (χ4v) is 3.61. The molecule has 0 amide bonds. The van der Waals surface area contributed by atoms with Crippen LogP contribution in [0.1, 0.15) is 28.7 Å². The Hall–Kier alpha value is -2.76. The molecule has 6 heteroatoms. The summed E-state index contributed by atoms with van der Waals surface area (Å²) < 4.78 is 34.8. The predicted molar refractivity (Wildman–Crippen MR) is 103 cm³/mol. The molecule has 0 radical (unpaired) electrons. The Bertz CT molecular complexity index is 1040. The number of aliphatic hydroxyl groups excluding tert-OH is 1. The van der Waals surface area contributed by atoms with Crippen LogP contribution in [0.3, 0.4) is 0 Å². The van der Waals surface area contributed by atoms with Crippen molar-refractivity contribution in [3.8, 4) is 0 Å². The maximum atomic E-state index is 14.6. The summed E-state index contributed by atoms with van der Waals surface area (Å²) in [5.41, 5.74) is 1.45. The van der Waals surface area contributed by atoms with E-state index in [1.54, 1.807) is 48.7 Å². The van der Waals surface area contributed by atoms with Gasteiger partial charge in [-0.3, -0.25) is 4.98 Å². The first-order valence-corrected chi connectivity index (χ1v) is 9.08. The lowest BCUT2D eigenvalue weighted by Gasteiger charge is -2.20. The van der Waals surface area contributed by atoms with Gasteiger partial charge in [0.2, 0.25) is 0 Å². The summed E-state index contributed by atoms with van der Waals surface area (Å²) in [4.78, 5) is 4.03. The molecule has 1 aliphatic rings. The van der Waals surface area contributed by atoms with E-state index in [4.69, 9.17) is 16.3 Å². The average Bonchev–Trinajstić information content (AvgIpc) is 3.13. The van der Waals surface area contributed by atoms with Crippen molar-refractivity contribution < 1.29 is 18.6 Å². The summed E-state index contributed by atoms with van der Waals surface area (Å²) in [6, 6.07) is 13.9. The first-order valence-electron chi connectivity index (χ1n) is 8.71. The molecule has 0 bridgehead atoms. The molecule has 2 heterocycles. The smallest absolute Gasteiger partial charge is 0.134 e. The van der Waals surface area contributed by atoms with E-state index in [1.165, 1.54) is 18.3 Å². The molecule has 2 unspecified atom stereocenters. The third-order valence-electron chi connectivity index (χ3n) is 4.78. The molecular formula is C22H16ClF2NO2. The Kier molecular flexibility index (Phi) is 5.11. The molecule has 2 aromatic carbocycles. The van der Waals surface area contributed by atoms with Gasteiger partial charge < -0.3 is 9.84 Å². The molecule has 0 spiro atoms. The normalized spacial score (nSPS) is 17.5. The van der Waals surface area contributed by atoms with E-state index in [2.05, 4.69) is 4.98 Å². The number of halogens is 3. The van der Waals surface area contributed by atoms with Gasteiger partial charge >= 0.3 is 0 Å². The van der Waals surface area contributed by atoms with Gasteiger partial charge in [-0.25, -0.2) is 8.78 Å². The molecule has 0 saturated heterocycles. The number of hydrogen-bond donors (Lipinski definition) is 1. The van der Waals surface area contributed by atoms with Crippen molar-refractivity contribution in [1.82, 2.24) is 4.98 Å². The van der Waals surface area contributed by atoms with Crippen molar-refractivity contribution in [2.75, 3.05) is 6.61 Å². The maximum absolute atomic E-state index is 14.6. The highest BCUT2D eigenvalue weighted by atomic mass is 35.5. The predicted octanol–water partition coefficient (Wildman–Crippen LogP) is 5.27.